The summed E-state index contributed by atoms with van der Waals surface area (Å²) in [5.41, 5.74) is 3.75. The van der Waals surface area contributed by atoms with E-state index < -0.39 is 22.9 Å². The Morgan fingerprint density at radius 3 is 2.32 bits per heavy atom. The molecular weight excluding hydrogens is 360 g/mol. The van der Waals surface area contributed by atoms with Crippen LogP contribution in [0.25, 0.3) is 0 Å². The van der Waals surface area contributed by atoms with Gasteiger partial charge >= 0.3 is 11.9 Å². The molecule has 0 aromatic heterocycles. The fourth-order valence-electron chi connectivity index (χ4n) is 3.05. The zero-order valence-electron chi connectivity index (χ0n) is 18.5. The van der Waals surface area contributed by atoms with Crippen molar-refractivity contribution in [2.75, 3.05) is 32.8 Å². The highest BCUT2D eigenvalue weighted by molar-refractivity contribution is 5.80. The molecule has 4 N–H and O–H groups in total. The van der Waals surface area contributed by atoms with Gasteiger partial charge < -0.3 is 25.6 Å². The molecule has 166 valence electrons. The zero-order valence-corrected chi connectivity index (χ0v) is 18.5. The van der Waals surface area contributed by atoms with Gasteiger partial charge in [0, 0.05) is 19.6 Å². The number of hydrogen-bond donors (Lipinski definition) is 3. The van der Waals surface area contributed by atoms with E-state index >= 15 is 0 Å². The van der Waals surface area contributed by atoms with Crippen LogP contribution in [0.4, 0.5) is 0 Å². The molecule has 0 spiro atoms. The van der Waals surface area contributed by atoms with Crippen LogP contribution in [0.1, 0.15) is 73.1 Å². The van der Waals surface area contributed by atoms with E-state index in [1.807, 2.05) is 13.8 Å². The highest BCUT2D eigenvalue weighted by Crippen LogP contribution is 2.38. The monoisotopic (exact) mass is 402 g/mol. The summed E-state index contributed by atoms with van der Waals surface area (Å²) in [5.74, 6) is -0.695. The minimum Gasteiger partial charge on any atom is -0.465 e. The van der Waals surface area contributed by atoms with E-state index in [0.717, 1.165) is 25.7 Å². The number of unbranched alkanes of at least 4 members (excludes halogenated alkanes) is 3. The van der Waals surface area contributed by atoms with Crippen molar-refractivity contribution in [2.24, 2.45) is 16.6 Å². The minimum atomic E-state index is -0.865. The molecule has 0 aliphatic heterocycles. The number of carbonyl (C=O) groups excluding carboxylic acids is 2. The van der Waals surface area contributed by atoms with Crippen molar-refractivity contribution in [2.45, 2.75) is 79.2 Å². The first-order valence-corrected chi connectivity index (χ1v) is 10.6. The van der Waals surface area contributed by atoms with E-state index in [1.165, 1.54) is 0 Å². The van der Waals surface area contributed by atoms with E-state index in [0.29, 0.717) is 39.1 Å². The molecule has 0 radical (unpaired) electrons. The lowest BCUT2D eigenvalue weighted by molar-refractivity contribution is -0.164. The number of hydrogen-bond acceptors (Lipinski definition) is 7. The summed E-state index contributed by atoms with van der Waals surface area (Å²) in [6, 6.07) is 0. The summed E-state index contributed by atoms with van der Waals surface area (Å²) in [5, 5.41) is 12.8. The van der Waals surface area contributed by atoms with Crippen LogP contribution in [0, 0.1) is 10.8 Å². The molecular formula is C21H42N2O5. The summed E-state index contributed by atoms with van der Waals surface area (Å²) in [4.78, 5) is 25.1. The number of esters is 2. The first-order chi connectivity index (χ1) is 13.1. The lowest BCUT2D eigenvalue weighted by atomic mass is 9.72. The first-order valence-electron chi connectivity index (χ1n) is 10.6. The van der Waals surface area contributed by atoms with E-state index in [4.69, 9.17) is 15.2 Å². The van der Waals surface area contributed by atoms with Crippen LogP contribution >= 0.6 is 0 Å². The molecule has 0 amide bonds. The molecule has 0 saturated carbocycles. The first kappa shape index (κ1) is 26.8. The molecule has 0 saturated heterocycles. The van der Waals surface area contributed by atoms with Crippen molar-refractivity contribution in [3.8, 4) is 0 Å². The SMILES string of the molecule is CCCCCCOC(=O)C(C)(CC)CC(C)(C)C(=O)OCC(O)CNCCN. The Labute approximate surface area is 170 Å². The Bertz CT molecular complexity index is 456. The predicted molar refractivity (Wildman–Crippen MR) is 111 cm³/mol. The summed E-state index contributed by atoms with van der Waals surface area (Å²) >= 11 is 0. The number of ether oxygens (including phenoxy) is 2. The minimum absolute atomic E-state index is 0.0927. The van der Waals surface area contributed by atoms with Gasteiger partial charge in [-0.2, -0.15) is 0 Å². The van der Waals surface area contributed by atoms with Crippen molar-refractivity contribution < 1.29 is 24.2 Å². The summed E-state index contributed by atoms with van der Waals surface area (Å²) in [6.45, 7) is 11.1. The smallest absolute Gasteiger partial charge is 0.311 e. The van der Waals surface area contributed by atoms with Crippen molar-refractivity contribution >= 4 is 11.9 Å². The number of nitrogens with one attached hydrogen (secondary N) is 1. The summed E-state index contributed by atoms with van der Waals surface area (Å²) in [6.07, 6.45) is 4.28. The number of rotatable bonds is 16. The van der Waals surface area contributed by atoms with Gasteiger partial charge in [0.15, 0.2) is 0 Å². The normalized spacial score (nSPS) is 15.0. The number of aliphatic hydroxyl groups is 1. The van der Waals surface area contributed by atoms with Crippen molar-refractivity contribution in [3.63, 3.8) is 0 Å². The number of nitrogens with two attached hydrogens (primary N) is 1. The van der Waals surface area contributed by atoms with E-state index in [9.17, 15) is 14.7 Å². The maximum Gasteiger partial charge on any atom is 0.311 e. The highest BCUT2D eigenvalue weighted by Gasteiger charge is 2.43. The molecule has 0 heterocycles. The molecule has 0 aromatic carbocycles. The summed E-state index contributed by atoms with van der Waals surface area (Å²) < 4.78 is 10.8. The largest absolute Gasteiger partial charge is 0.465 e. The molecule has 28 heavy (non-hydrogen) atoms. The summed E-state index contributed by atoms with van der Waals surface area (Å²) in [7, 11) is 0. The standard InChI is InChI=1S/C21H42N2O5/c1-6-8-9-10-13-27-19(26)21(5,7-2)16-20(3,4)18(25)28-15-17(24)14-23-12-11-22/h17,23-24H,6-16,22H2,1-5H3. The molecule has 0 aromatic rings. The van der Waals surface area contributed by atoms with Gasteiger partial charge in [0.1, 0.15) is 12.7 Å². The second-order valence-corrected chi connectivity index (χ2v) is 8.42. The third kappa shape index (κ3) is 10.4. The number of carbonyl (C=O) groups is 2. The number of aliphatic hydroxyl groups excluding tert-OH is 1. The second-order valence-electron chi connectivity index (χ2n) is 8.42. The van der Waals surface area contributed by atoms with Gasteiger partial charge in [0.05, 0.1) is 17.4 Å². The van der Waals surface area contributed by atoms with Gasteiger partial charge in [-0.3, -0.25) is 9.59 Å². The fraction of sp³-hybridized carbons (Fsp3) is 0.905. The maximum atomic E-state index is 12.6. The van der Waals surface area contributed by atoms with Gasteiger partial charge in [0.25, 0.3) is 0 Å². The quantitative estimate of drug-likeness (QED) is 0.268. The average Bonchev–Trinajstić information content (AvgIpc) is 2.65. The van der Waals surface area contributed by atoms with Crippen molar-refractivity contribution in [1.82, 2.24) is 5.32 Å². The van der Waals surface area contributed by atoms with E-state index in [-0.39, 0.29) is 12.6 Å². The Morgan fingerprint density at radius 2 is 1.75 bits per heavy atom. The molecule has 7 heteroatoms. The van der Waals surface area contributed by atoms with Crippen LogP contribution in [0.3, 0.4) is 0 Å². The van der Waals surface area contributed by atoms with E-state index in [2.05, 4.69) is 12.2 Å². The van der Waals surface area contributed by atoms with Crippen LogP contribution < -0.4 is 11.1 Å². The third-order valence-corrected chi connectivity index (χ3v) is 5.00. The van der Waals surface area contributed by atoms with Crippen molar-refractivity contribution in [1.29, 1.82) is 0 Å². The molecule has 0 aliphatic carbocycles. The molecule has 2 unspecified atom stereocenters. The molecule has 2 atom stereocenters. The van der Waals surface area contributed by atoms with Crippen LogP contribution in [-0.4, -0.2) is 56.0 Å². The van der Waals surface area contributed by atoms with Crippen LogP contribution in [0.5, 0.6) is 0 Å². The molecule has 0 aliphatic rings. The van der Waals surface area contributed by atoms with Crippen molar-refractivity contribution in [3.05, 3.63) is 0 Å². The van der Waals surface area contributed by atoms with Crippen LogP contribution in [0.2, 0.25) is 0 Å². The Balaban J connectivity index is 4.59. The maximum absolute atomic E-state index is 12.6. The molecule has 7 nitrogen and oxygen atoms in total. The van der Waals surface area contributed by atoms with Gasteiger partial charge in [0.2, 0.25) is 0 Å². The van der Waals surface area contributed by atoms with Gasteiger partial charge in [-0.05, 0) is 40.0 Å². The molecule has 0 rings (SSSR count). The highest BCUT2D eigenvalue weighted by atomic mass is 16.5. The van der Waals surface area contributed by atoms with Gasteiger partial charge in [-0.15, -0.1) is 0 Å². The topological polar surface area (TPSA) is 111 Å². The Hall–Kier alpha value is -1.18. The predicted octanol–water partition coefficient (Wildman–Crippen LogP) is 2.39. The lowest BCUT2D eigenvalue weighted by Gasteiger charge is -2.33. The zero-order chi connectivity index (χ0) is 21.6. The van der Waals surface area contributed by atoms with Crippen LogP contribution in [-0.2, 0) is 19.1 Å². The van der Waals surface area contributed by atoms with E-state index in [1.54, 1.807) is 13.8 Å². The second kappa shape index (κ2) is 13.9. The van der Waals surface area contributed by atoms with Gasteiger partial charge in [-0.1, -0.05) is 33.1 Å². The third-order valence-electron chi connectivity index (χ3n) is 5.00. The average molecular weight is 403 g/mol. The Kier molecular flexibility index (Phi) is 13.3. The Morgan fingerprint density at radius 1 is 1.07 bits per heavy atom. The molecule has 0 fully saturated rings. The lowest BCUT2D eigenvalue weighted by Crippen LogP contribution is -2.40. The van der Waals surface area contributed by atoms with Crippen LogP contribution in [0.15, 0.2) is 0 Å². The fourth-order valence-corrected chi connectivity index (χ4v) is 3.05. The van der Waals surface area contributed by atoms with Gasteiger partial charge in [-0.25, -0.2) is 0 Å². The molecule has 0 bridgehead atoms.